The fourth-order valence-corrected chi connectivity index (χ4v) is 1.21. The summed E-state index contributed by atoms with van der Waals surface area (Å²) in [5, 5.41) is 2.56. The molecule has 0 spiro atoms. The number of amides is 1. The topological polar surface area (TPSA) is 38.3 Å². The monoisotopic (exact) mass is 229 g/mol. The van der Waals surface area contributed by atoms with E-state index in [-0.39, 0.29) is 11.3 Å². The summed E-state index contributed by atoms with van der Waals surface area (Å²) >= 11 is 0. The van der Waals surface area contributed by atoms with Crippen LogP contribution in [0, 0.1) is 11.6 Å². The molecular formula is C11H13F2NO2. The molecule has 1 N–H and O–H groups in total. The summed E-state index contributed by atoms with van der Waals surface area (Å²) in [6.07, 6.45) is 0.762. The molecule has 0 aliphatic carbocycles. The normalized spacial score (nSPS) is 10.0. The number of nitrogens with one attached hydrogen (secondary N) is 1. The van der Waals surface area contributed by atoms with Crippen molar-refractivity contribution in [3.8, 4) is 5.75 Å². The number of halogens is 2. The molecule has 0 saturated carbocycles. The van der Waals surface area contributed by atoms with E-state index in [0.29, 0.717) is 6.54 Å². The Morgan fingerprint density at radius 1 is 1.38 bits per heavy atom. The molecule has 0 bridgehead atoms. The molecule has 1 rings (SSSR count). The molecule has 0 fully saturated rings. The minimum atomic E-state index is -1.07. The highest BCUT2D eigenvalue weighted by atomic mass is 19.2. The SMILES string of the molecule is CCCNC(=O)c1cc(F)c(F)cc1OC. The van der Waals surface area contributed by atoms with Crippen LogP contribution in [0.5, 0.6) is 5.75 Å². The minimum Gasteiger partial charge on any atom is -0.496 e. The first-order valence-electron chi connectivity index (χ1n) is 4.91. The zero-order valence-electron chi connectivity index (χ0n) is 9.14. The van der Waals surface area contributed by atoms with Gasteiger partial charge in [0.1, 0.15) is 5.75 Å². The zero-order chi connectivity index (χ0) is 12.1. The summed E-state index contributed by atoms with van der Waals surface area (Å²) in [7, 11) is 1.29. The summed E-state index contributed by atoms with van der Waals surface area (Å²) < 4.78 is 30.7. The Labute approximate surface area is 92.4 Å². The molecule has 1 aromatic rings. The van der Waals surface area contributed by atoms with E-state index in [4.69, 9.17) is 4.74 Å². The molecule has 0 unspecified atom stereocenters. The van der Waals surface area contributed by atoms with Crippen LogP contribution in [0.2, 0.25) is 0 Å². The van der Waals surface area contributed by atoms with Gasteiger partial charge in [0.25, 0.3) is 5.91 Å². The molecule has 16 heavy (non-hydrogen) atoms. The van der Waals surface area contributed by atoms with Crippen LogP contribution in [0.4, 0.5) is 8.78 Å². The van der Waals surface area contributed by atoms with Gasteiger partial charge in [-0.25, -0.2) is 8.78 Å². The van der Waals surface area contributed by atoms with Crippen LogP contribution in [0.15, 0.2) is 12.1 Å². The second kappa shape index (κ2) is 5.44. The summed E-state index contributed by atoms with van der Waals surface area (Å²) in [5.74, 6) is -2.56. The van der Waals surface area contributed by atoms with E-state index in [9.17, 15) is 13.6 Å². The van der Waals surface area contributed by atoms with Crippen molar-refractivity contribution >= 4 is 5.91 Å². The molecule has 0 radical (unpaired) electrons. The van der Waals surface area contributed by atoms with Crippen LogP contribution in [-0.4, -0.2) is 19.6 Å². The van der Waals surface area contributed by atoms with E-state index < -0.39 is 17.5 Å². The van der Waals surface area contributed by atoms with E-state index in [0.717, 1.165) is 18.6 Å². The Balaban J connectivity index is 3.02. The molecule has 0 aliphatic rings. The zero-order valence-corrected chi connectivity index (χ0v) is 9.14. The second-order valence-electron chi connectivity index (χ2n) is 3.22. The van der Waals surface area contributed by atoms with Gasteiger partial charge in [0.15, 0.2) is 11.6 Å². The Morgan fingerprint density at radius 3 is 2.56 bits per heavy atom. The Hall–Kier alpha value is -1.65. The lowest BCUT2D eigenvalue weighted by Crippen LogP contribution is -2.24. The minimum absolute atomic E-state index is 0.00477. The van der Waals surface area contributed by atoms with Gasteiger partial charge in [-0.15, -0.1) is 0 Å². The Kier molecular flexibility index (Phi) is 4.22. The molecule has 0 saturated heterocycles. The number of methoxy groups -OCH3 is 1. The maximum atomic E-state index is 13.0. The van der Waals surface area contributed by atoms with Crippen LogP contribution in [-0.2, 0) is 0 Å². The van der Waals surface area contributed by atoms with Crippen molar-refractivity contribution in [2.45, 2.75) is 13.3 Å². The number of hydrogen-bond donors (Lipinski definition) is 1. The fourth-order valence-electron chi connectivity index (χ4n) is 1.21. The van der Waals surface area contributed by atoms with Gasteiger partial charge < -0.3 is 10.1 Å². The number of hydrogen-bond acceptors (Lipinski definition) is 2. The van der Waals surface area contributed by atoms with Gasteiger partial charge in [-0.2, -0.15) is 0 Å². The van der Waals surface area contributed by atoms with Crippen molar-refractivity contribution in [1.29, 1.82) is 0 Å². The van der Waals surface area contributed by atoms with Gasteiger partial charge in [-0.3, -0.25) is 4.79 Å². The standard InChI is InChI=1S/C11H13F2NO2/c1-3-4-14-11(15)7-5-8(12)9(13)6-10(7)16-2/h5-6H,3-4H2,1-2H3,(H,14,15). The van der Waals surface area contributed by atoms with E-state index >= 15 is 0 Å². The lowest BCUT2D eigenvalue weighted by molar-refractivity contribution is 0.0950. The van der Waals surface area contributed by atoms with Crippen molar-refractivity contribution in [3.05, 3.63) is 29.3 Å². The highest BCUT2D eigenvalue weighted by Gasteiger charge is 2.16. The van der Waals surface area contributed by atoms with Crippen molar-refractivity contribution in [2.24, 2.45) is 0 Å². The molecular weight excluding hydrogens is 216 g/mol. The van der Waals surface area contributed by atoms with E-state index in [2.05, 4.69) is 5.32 Å². The van der Waals surface area contributed by atoms with Gasteiger partial charge in [-0.1, -0.05) is 6.92 Å². The summed E-state index contributed by atoms with van der Waals surface area (Å²) in [6, 6.07) is 1.69. The Bertz CT molecular complexity index is 394. The predicted molar refractivity (Wildman–Crippen MR) is 55.5 cm³/mol. The van der Waals surface area contributed by atoms with Gasteiger partial charge in [-0.05, 0) is 12.5 Å². The van der Waals surface area contributed by atoms with Crippen LogP contribution in [0.1, 0.15) is 23.7 Å². The average molecular weight is 229 g/mol. The van der Waals surface area contributed by atoms with Gasteiger partial charge >= 0.3 is 0 Å². The lowest BCUT2D eigenvalue weighted by atomic mass is 10.1. The molecule has 1 amide bonds. The van der Waals surface area contributed by atoms with E-state index in [1.54, 1.807) is 0 Å². The molecule has 1 aromatic carbocycles. The molecule has 88 valence electrons. The van der Waals surface area contributed by atoms with Crippen molar-refractivity contribution in [2.75, 3.05) is 13.7 Å². The molecule has 5 heteroatoms. The molecule has 0 aromatic heterocycles. The van der Waals surface area contributed by atoms with Crippen LogP contribution in [0.3, 0.4) is 0 Å². The number of ether oxygens (including phenoxy) is 1. The van der Waals surface area contributed by atoms with Crippen molar-refractivity contribution < 1.29 is 18.3 Å². The largest absolute Gasteiger partial charge is 0.496 e. The first kappa shape index (κ1) is 12.4. The quantitative estimate of drug-likeness (QED) is 0.858. The third-order valence-corrected chi connectivity index (χ3v) is 2.02. The summed E-state index contributed by atoms with van der Waals surface area (Å²) in [5.41, 5.74) is -0.00477. The summed E-state index contributed by atoms with van der Waals surface area (Å²) in [6.45, 7) is 2.36. The Morgan fingerprint density at radius 2 is 2.00 bits per heavy atom. The highest BCUT2D eigenvalue weighted by Crippen LogP contribution is 2.21. The van der Waals surface area contributed by atoms with Crippen molar-refractivity contribution in [1.82, 2.24) is 5.32 Å². The van der Waals surface area contributed by atoms with Crippen LogP contribution < -0.4 is 10.1 Å². The maximum Gasteiger partial charge on any atom is 0.255 e. The van der Waals surface area contributed by atoms with Crippen LogP contribution in [0.25, 0.3) is 0 Å². The third kappa shape index (κ3) is 2.68. The van der Waals surface area contributed by atoms with Gasteiger partial charge in [0.05, 0.1) is 12.7 Å². The number of benzene rings is 1. The molecule has 0 aliphatic heterocycles. The molecule has 0 atom stereocenters. The number of carbonyl (C=O) groups is 1. The van der Waals surface area contributed by atoms with Crippen molar-refractivity contribution in [3.63, 3.8) is 0 Å². The van der Waals surface area contributed by atoms with E-state index in [1.165, 1.54) is 7.11 Å². The van der Waals surface area contributed by atoms with Gasteiger partial charge in [0, 0.05) is 12.6 Å². The maximum absolute atomic E-state index is 13.0. The number of rotatable bonds is 4. The van der Waals surface area contributed by atoms with Crippen LogP contribution >= 0.6 is 0 Å². The third-order valence-electron chi connectivity index (χ3n) is 2.02. The second-order valence-corrected chi connectivity index (χ2v) is 3.22. The molecule has 3 nitrogen and oxygen atoms in total. The smallest absolute Gasteiger partial charge is 0.255 e. The van der Waals surface area contributed by atoms with E-state index in [1.807, 2.05) is 6.92 Å². The molecule has 0 heterocycles. The number of carbonyl (C=O) groups excluding carboxylic acids is 1. The van der Waals surface area contributed by atoms with Gasteiger partial charge in [0.2, 0.25) is 0 Å². The first-order valence-corrected chi connectivity index (χ1v) is 4.91. The summed E-state index contributed by atoms with van der Waals surface area (Å²) in [4.78, 5) is 11.6. The highest BCUT2D eigenvalue weighted by molar-refractivity contribution is 5.96. The fraction of sp³-hybridized carbons (Fsp3) is 0.364. The predicted octanol–water partition coefficient (Wildman–Crippen LogP) is 2.11. The average Bonchev–Trinajstić information content (AvgIpc) is 2.28. The lowest BCUT2D eigenvalue weighted by Gasteiger charge is -2.09. The first-order chi connectivity index (χ1) is 7.60.